The molecule has 1 aliphatic carbocycles. The minimum Gasteiger partial charge on any atom is -0.462 e. The largest absolute Gasteiger partial charge is 0.462 e. The molecule has 3 unspecified atom stereocenters. The van der Waals surface area contributed by atoms with E-state index in [1.165, 1.54) is 6.92 Å². The third-order valence-corrected chi connectivity index (χ3v) is 4.40. The van der Waals surface area contributed by atoms with Gasteiger partial charge in [0, 0.05) is 30.5 Å². The quantitative estimate of drug-likeness (QED) is 0.239. The van der Waals surface area contributed by atoms with Crippen LogP contribution in [-0.2, 0) is 9.53 Å². The van der Waals surface area contributed by atoms with Gasteiger partial charge < -0.3 is 10.1 Å². The number of allylic oxidation sites excluding steroid dienone is 1. The molecule has 2 rings (SSSR count). The zero-order valence-corrected chi connectivity index (χ0v) is 15.8. The van der Waals surface area contributed by atoms with Gasteiger partial charge in [-0.25, -0.2) is 22.4 Å². The van der Waals surface area contributed by atoms with E-state index < -0.39 is 57.3 Å². The number of hydrogen-bond donors (Lipinski definition) is 1. The molecule has 1 aromatic rings. The van der Waals surface area contributed by atoms with Gasteiger partial charge in [-0.1, -0.05) is 23.2 Å². The lowest BCUT2D eigenvalue weighted by molar-refractivity contribution is -0.137. The molecule has 0 saturated carbocycles. The number of halogens is 6. The summed E-state index contributed by atoms with van der Waals surface area (Å²) in [5.74, 6) is -4.73. The smallest absolute Gasteiger partial charge is 0.351 e. The number of alkyl halides is 3. The van der Waals surface area contributed by atoms with Crippen molar-refractivity contribution in [1.82, 2.24) is 10.3 Å². The van der Waals surface area contributed by atoms with Crippen LogP contribution in [0.25, 0.3) is 0 Å². The number of nitrogens with one attached hydrogen (secondary N) is 1. The van der Waals surface area contributed by atoms with Gasteiger partial charge in [0.15, 0.2) is 0 Å². The molecule has 1 N–H and O–H groups in total. The van der Waals surface area contributed by atoms with Crippen molar-refractivity contribution in [3.63, 3.8) is 0 Å². The van der Waals surface area contributed by atoms with Gasteiger partial charge in [-0.15, -0.1) is 0 Å². The number of carbonyl (C=O) groups is 2. The lowest BCUT2D eigenvalue weighted by atomic mass is 9.78. The van der Waals surface area contributed by atoms with Crippen molar-refractivity contribution in [2.75, 3.05) is 6.61 Å². The molecular formula is C17H14Cl2F4N2O3. The van der Waals surface area contributed by atoms with E-state index in [9.17, 15) is 22.8 Å². The highest BCUT2D eigenvalue weighted by Crippen LogP contribution is 2.44. The third kappa shape index (κ3) is 4.64. The molecule has 152 valence electrons. The average molecular weight is 441 g/mol. The lowest BCUT2D eigenvalue weighted by Gasteiger charge is -2.40. The van der Waals surface area contributed by atoms with Gasteiger partial charge in [-0.3, -0.25) is 9.78 Å². The fourth-order valence-corrected chi connectivity index (χ4v) is 3.11. The summed E-state index contributed by atoms with van der Waals surface area (Å²) in [7, 11) is 0. The summed E-state index contributed by atoms with van der Waals surface area (Å²) in [6, 6.07) is -1.54. The number of ether oxygens (including phenoxy) is 1. The molecule has 0 aromatic carbocycles. The van der Waals surface area contributed by atoms with Crippen molar-refractivity contribution in [2.45, 2.75) is 30.2 Å². The molecule has 3 atom stereocenters. The Morgan fingerprint density at radius 3 is 2.68 bits per heavy atom. The van der Waals surface area contributed by atoms with Crippen LogP contribution in [-0.4, -0.2) is 40.2 Å². The van der Waals surface area contributed by atoms with Crippen LogP contribution in [0.5, 0.6) is 0 Å². The van der Waals surface area contributed by atoms with Crippen LogP contribution in [0.1, 0.15) is 23.7 Å². The maximum atomic E-state index is 15.6. The van der Waals surface area contributed by atoms with E-state index in [4.69, 9.17) is 23.2 Å². The molecule has 5 nitrogen and oxygen atoms in total. The molecule has 0 radical (unpaired) electrons. The zero-order chi connectivity index (χ0) is 21.1. The van der Waals surface area contributed by atoms with Gasteiger partial charge in [0.05, 0.1) is 12.8 Å². The second kappa shape index (κ2) is 8.48. The summed E-state index contributed by atoms with van der Waals surface area (Å²) < 4.78 is 62.2. The van der Waals surface area contributed by atoms with Crippen LogP contribution in [0.2, 0.25) is 0 Å². The number of Topliss-reactive ketones (excluding diaryl/α,β-unsaturated/α-hetero) is 1. The van der Waals surface area contributed by atoms with Crippen molar-refractivity contribution in [1.29, 1.82) is 0 Å². The Morgan fingerprint density at radius 2 is 2.07 bits per heavy atom. The van der Waals surface area contributed by atoms with Gasteiger partial charge in [0.2, 0.25) is 16.6 Å². The maximum Gasteiger partial charge on any atom is 0.351 e. The fraction of sp³-hybridized carbons (Fsp3) is 0.353. The SMILES string of the molecule is CCOC(=O)C(Cl)=CNC1C(F)(Cl)C=C(F)CC1(F)C(=O)c1cncc(F)c1. The number of ketones is 1. The minimum absolute atomic E-state index is 0.0130. The summed E-state index contributed by atoms with van der Waals surface area (Å²) in [6.45, 7) is 1.49. The Labute approximate surface area is 167 Å². The molecule has 11 heteroatoms. The van der Waals surface area contributed by atoms with Crippen LogP contribution >= 0.6 is 23.2 Å². The summed E-state index contributed by atoms with van der Waals surface area (Å²) >= 11 is 11.3. The third-order valence-electron chi connectivity index (χ3n) is 3.81. The second-order valence-corrected chi connectivity index (χ2v) is 6.82. The number of pyridine rings is 1. The first kappa shape index (κ1) is 22.2. The summed E-state index contributed by atoms with van der Waals surface area (Å²) in [5, 5.41) is -1.70. The number of esters is 1. The van der Waals surface area contributed by atoms with Crippen LogP contribution in [0.15, 0.2) is 41.6 Å². The average Bonchev–Trinajstić information content (AvgIpc) is 2.59. The topological polar surface area (TPSA) is 68.3 Å². The second-order valence-electron chi connectivity index (χ2n) is 5.84. The predicted molar refractivity (Wildman–Crippen MR) is 93.4 cm³/mol. The van der Waals surface area contributed by atoms with Gasteiger partial charge in [0.1, 0.15) is 22.7 Å². The Hall–Kier alpha value is -2.13. The van der Waals surface area contributed by atoms with Gasteiger partial charge in [-0.2, -0.15) is 0 Å². The monoisotopic (exact) mass is 440 g/mol. The Morgan fingerprint density at radius 1 is 1.39 bits per heavy atom. The maximum absolute atomic E-state index is 15.6. The minimum atomic E-state index is -3.28. The fourth-order valence-electron chi connectivity index (χ4n) is 2.64. The summed E-state index contributed by atoms with van der Waals surface area (Å²) in [5.41, 5.74) is -3.84. The van der Waals surface area contributed by atoms with E-state index in [2.05, 4.69) is 15.0 Å². The van der Waals surface area contributed by atoms with E-state index in [1.54, 1.807) is 0 Å². The van der Waals surface area contributed by atoms with Gasteiger partial charge in [-0.05, 0) is 13.0 Å². The molecule has 0 aliphatic heterocycles. The highest BCUT2D eigenvalue weighted by Gasteiger charge is 2.59. The van der Waals surface area contributed by atoms with E-state index in [1.807, 2.05) is 0 Å². The number of hydrogen-bond acceptors (Lipinski definition) is 5. The first-order valence-corrected chi connectivity index (χ1v) is 8.65. The number of nitrogens with zero attached hydrogens (tertiary/aromatic N) is 1. The summed E-state index contributed by atoms with van der Waals surface area (Å²) in [4.78, 5) is 27.5. The molecule has 0 spiro atoms. The first-order chi connectivity index (χ1) is 13.0. The van der Waals surface area contributed by atoms with Gasteiger partial charge in [0.25, 0.3) is 0 Å². The number of rotatable bonds is 6. The van der Waals surface area contributed by atoms with Crippen LogP contribution in [0.4, 0.5) is 17.6 Å². The molecule has 0 amide bonds. The predicted octanol–water partition coefficient (Wildman–Crippen LogP) is 3.87. The number of aromatic nitrogens is 1. The Bertz CT molecular complexity index is 847. The van der Waals surface area contributed by atoms with Crippen LogP contribution in [0.3, 0.4) is 0 Å². The highest BCUT2D eigenvalue weighted by atomic mass is 35.5. The molecule has 0 fully saturated rings. The first-order valence-electron chi connectivity index (χ1n) is 7.89. The molecule has 1 aliphatic rings. The van der Waals surface area contributed by atoms with Crippen molar-refractivity contribution in [3.05, 3.63) is 53.0 Å². The molecule has 1 heterocycles. The Balaban J connectivity index is 2.44. The highest BCUT2D eigenvalue weighted by molar-refractivity contribution is 6.41. The van der Waals surface area contributed by atoms with E-state index in [-0.39, 0.29) is 12.7 Å². The molecular weight excluding hydrogens is 427 g/mol. The van der Waals surface area contributed by atoms with Crippen molar-refractivity contribution >= 4 is 35.0 Å². The number of carbonyl (C=O) groups excluding carboxylic acids is 2. The normalized spacial score (nSPS) is 27.8. The van der Waals surface area contributed by atoms with E-state index in [0.717, 1.165) is 12.4 Å². The lowest BCUT2D eigenvalue weighted by Crippen LogP contribution is -2.61. The molecule has 0 saturated heterocycles. The molecule has 1 aromatic heterocycles. The molecule has 28 heavy (non-hydrogen) atoms. The van der Waals surface area contributed by atoms with Gasteiger partial charge >= 0.3 is 5.97 Å². The van der Waals surface area contributed by atoms with Crippen molar-refractivity contribution in [3.8, 4) is 0 Å². The Kier molecular flexibility index (Phi) is 6.71. The van der Waals surface area contributed by atoms with Crippen LogP contribution < -0.4 is 5.32 Å². The van der Waals surface area contributed by atoms with Crippen LogP contribution in [0, 0.1) is 5.82 Å². The van der Waals surface area contributed by atoms with Crippen molar-refractivity contribution < 1.29 is 31.9 Å². The van der Waals surface area contributed by atoms with E-state index in [0.29, 0.717) is 12.3 Å². The van der Waals surface area contributed by atoms with E-state index >= 15 is 4.39 Å². The molecule has 0 bridgehead atoms. The standard InChI is InChI=1S/C17H14Cl2F4N2O3/c1-2-28-14(27)12(18)8-25-15-16(22,4-11(21)5-17(15,19)23)13(26)9-3-10(20)7-24-6-9/h3,5-8,15,25H,2,4H2,1H3. The zero-order valence-electron chi connectivity index (χ0n) is 14.3. The van der Waals surface area contributed by atoms with Crippen molar-refractivity contribution in [2.24, 2.45) is 0 Å². The summed E-state index contributed by atoms with van der Waals surface area (Å²) in [6.07, 6.45) is 1.40.